The minimum absolute atomic E-state index is 0.199. The Labute approximate surface area is 165 Å². The highest BCUT2D eigenvalue weighted by molar-refractivity contribution is 6.06. The fourth-order valence-electron chi connectivity index (χ4n) is 3.92. The van der Waals surface area contributed by atoms with E-state index in [1.165, 1.54) is 0 Å². The maximum Gasteiger partial charge on any atom is 0.273 e. The van der Waals surface area contributed by atoms with Crippen LogP contribution in [-0.2, 0) is 11.3 Å². The second-order valence-electron chi connectivity index (χ2n) is 8.90. The van der Waals surface area contributed by atoms with Gasteiger partial charge in [-0.15, -0.1) is 0 Å². The Balaban J connectivity index is 1.87. The number of nitrogens with two attached hydrogens (primary N) is 1. The highest BCUT2D eigenvalue weighted by Crippen LogP contribution is 2.28. The largest absolute Gasteiger partial charge is 0.393 e. The SMILES string of the molecule is CC(C)(C)[C@@H](NC(=O)c1nn(CC2CCC(O)CC2)c2ccccc12)C(N)=O. The maximum atomic E-state index is 12.9. The lowest BCUT2D eigenvalue weighted by Gasteiger charge is -2.28. The van der Waals surface area contributed by atoms with Crippen LogP contribution in [-0.4, -0.2) is 38.8 Å². The van der Waals surface area contributed by atoms with E-state index < -0.39 is 23.3 Å². The molecule has 1 aliphatic rings. The number of rotatable bonds is 5. The minimum Gasteiger partial charge on any atom is -0.393 e. The van der Waals surface area contributed by atoms with Crippen LogP contribution in [0.3, 0.4) is 0 Å². The van der Waals surface area contributed by atoms with Crippen molar-refractivity contribution in [3.8, 4) is 0 Å². The number of nitrogens with one attached hydrogen (secondary N) is 1. The van der Waals surface area contributed by atoms with Crippen molar-refractivity contribution in [1.82, 2.24) is 15.1 Å². The van der Waals surface area contributed by atoms with Crippen LogP contribution in [0.1, 0.15) is 56.9 Å². The molecule has 1 fully saturated rings. The first-order valence-electron chi connectivity index (χ1n) is 9.90. The Kier molecular flexibility index (Phi) is 5.74. The molecule has 0 unspecified atom stereocenters. The molecule has 3 rings (SSSR count). The number of aliphatic hydroxyl groups excluding tert-OH is 1. The van der Waals surface area contributed by atoms with Gasteiger partial charge in [0.25, 0.3) is 5.91 Å². The van der Waals surface area contributed by atoms with E-state index >= 15 is 0 Å². The second kappa shape index (κ2) is 7.91. The number of carbonyl (C=O) groups excluding carboxylic acids is 2. The number of primary amides is 1. The van der Waals surface area contributed by atoms with Gasteiger partial charge in [-0.1, -0.05) is 39.0 Å². The van der Waals surface area contributed by atoms with Crippen molar-refractivity contribution in [3.63, 3.8) is 0 Å². The number of fused-ring (bicyclic) bond motifs is 1. The summed E-state index contributed by atoms with van der Waals surface area (Å²) in [5.74, 6) is -0.534. The third-order valence-electron chi connectivity index (χ3n) is 5.55. The van der Waals surface area contributed by atoms with Crippen LogP contribution in [0.2, 0.25) is 0 Å². The summed E-state index contributed by atoms with van der Waals surface area (Å²) >= 11 is 0. The number of para-hydroxylation sites is 1. The summed E-state index contributed by atoms with van der Waals surface area (Å²) in [4.78, 5) is 24.8. The molecule has 1 aromatic carbocycles. The molecule has 0 spiro atoms. The van der Waals surface area contributed by atoms with Gasteiger partial charge in [0.2, 0.25) is 5.91 Å². The molecule has 2 amide bonds. The number of aromatic nitrogens is 2. The number of hydrogen-bond donors (Lipinski definition) is 3. The topological polar surface area (TPSA) is 110 Å². The summed E-state index contributed by atoms with van der Waals surface area (Å²) in [6, 6.07) is 6.83. The van der Waals surface area contributed by atoms with Crippen LogP contribution in [0.25, 0.3) is 10.9 Å². The van der Waals surface area contributed by atoms with Gasteiger partial charge in [0.15, 0.2) is 5.69 Å². The Morgan fingerprint density at radius 1 is 1.25 bits per heavy atom. The molecule has 1 aliphatic carbocycles. The molecule has 0 aliphatic heterocycles. The molecular formula is C21H30N4O3. The van der Waals surface area contributed by atoms with Crippen molar-refractivity contribution < 1.29 is 14.7 Å². The van der Waals surface area contributed by atoms with Gasteiger partial charge >= 0.3 is 0 Å². The second-order valence-corrected chi connectivity index (χ2v) is 8.90. The molecule has 2 aromatic rings. The van der Waals surface area contributed by atoms with Crippen LogP contribution in [0.5, 0.6) is 0 Å². The van der Waals surface area contributed by atoms with Gasteiger partial charge in [-0.2, -0.15) is 5.10 Å². The predicted molar refractivity (Wildman–Crippen MR) is 108 cm³/mol. The molecule has 1 aromatic heterocycles. The van der Waals surface area contributed by atoms with E-state index in [9.17, 15) is 14.7 Å². The van der Waals surface area contributed by atoms with E-state index in [-0.39, 0.29) is 6.10 Å². The molecule has 0 radical (unpaired) electrons. The molecule has 4 N–H and O–H groups in total. The first-order valence-corrected chi connectivity index (χ1v) is 9.90. The zero-order valence-electron chi connectivity index (χ0n) is 16.8. The van der Waals surface area contributed by atoms with Crippen LogP contribution in [0, 0.1) is 11.3 Å². The Bertz CT molecular complexity index is 860. The van der Waals surface area contributed by atoms with E-state index in [0.717, 1.165) is 36.6 Å². The van der Waals surface area contributed by atoms with Gasteiger partial charge in [-0.05, 0) is 43.1 Å². The smallest absolute Gasteiger partial charge is 0.273 e. The van der Waals surface area contributed by atoms with E-state index in [2.05, 4.69) is 10.4 Å². The van der Waals surface area contributed by atoms with Crippen molar-refractivity contribution in [2.24, 2.45) is 17.1 Å². The number of aliphatic hydroxyl groups is 1. The maximum absolute atomic E-state index is 12.9. The van der Waals surface area contributed by atoms with E-state index in [1.54, 1.807) is 0 Å². The zero-order valence-corrected chi connectivity index (χ0v) is 16.8. The third kappa shape index (κ3) is 4.35. The molecule has 7 nitrogen and oxygen atoms in total. The van der Waals surface area contributed by atoms with Gasteiger partial charge in [-0.25, -0.2) is 0 Å². The minimum atomic E-state index is -0.788. The first kappa shape index (κ1) is 20.3. The van der Waals surface area contributed by atoms with Crippen molar-refractivity contribution in [1.29, 1.82) is 0 Å². The van der Waals surface area contributed by atoms with Crippen LogP contribution < -0.4 is 11.1 Å². The quantitative estimate of drug-likeness (QED) is 0.732. The van der Waals surface area contributed by atoms with E-state index in [0.29, 0.717) is 18.2 Å². The Morgan fingerprint density at radius 3 is 2.50 bits per heavy atom. The molecule has 28 heavy (non-hydrogen) atoms. The van der Waals surface area contributed by atoms with E-state index in [4.69, 9.17) is 5.73 Å². The van der Waals surface area contributed by atoms with Gasteiger partial charge in [0.1, 0.15) is 6.04 Å². The number of amides is 2. The van der Waals surface area contributed by atoms with Gasteiger partial charge in [0, 0.05) is 11.9 Å². The summed E-state index contributed by atoms with van der Waals surface area (Å²) in [5, 5.41) is 17.8. The lowest BCUT2D eigenvalue weighted by molar-refractivity contribution is -0.122. The Morgan fingerprint density at radius 2 is 1.89 bits per heavy atom. The number of hydrogen-bond acceptors (Lipinski definition) is 4. The Hall–Kier alpha value is -2.41. The highest BCUT2D eigenvalue weighted by Gasteiger charge is 2.32. The van der Waals surface area contributed by atoms with Crippen LogP contribution in [0.4, 0.5) is 0 Å². The normalized spacial score (nSPS) is 21.4. The molecule has 7 heteroatoms. The van der Waals surface area contributed by atoms with Crippen molar-refractivity contribution in [2.75, 3.05) is 0 Å². The molecule has 1 heterocycles. The summed E-state index contributed by atoms with van der Waals surface area (Å²) in [7, 11) is 0. The first-order chi connectivity index (χ1) is 13.2. The number of nitrogens with zero attached hydrogens (tertiary/aromatic N) is 2. The monoisotopic (exact) mass is 386 g/mol. The van der Waals surface area contributed by atoms with Gasteiger partial charge < -0.3 is 16.2 Å². The lowest BCUT2D eigenvalue weighted by Crippen LogP contribution is -2.52. The predicted octanol–water partition coefficient (Wildman–Crippen LogP) is 2.22. The molecule has 0 bridgehead atoms. The van der Waals surface area contributed by atoms with Crippen molar-refractivity contribution in [3.05, 3.63) is 30.0 Å². The lowest BCUT2D eigenvalue weighted by atomic mass is 9.86. The summed E-state index contributed by atoms with van der Waals surface area (Å²) in [6.07, 6.45) is 3.32. The third-order valence-corrected chi connectivity index (χ3v) is 5.55. The average molecular weight is 386 g/mol. The molecule has 152 valence electrons. The summed E-state index contributed by atoms with van der Waals surface area (Å²) < 4.78 is 1.88. The highest BCUT2D eigenvalue weighted by atomic mass is 16.3. The fourth-order valence-corrected chi connectivity index (χ4v) is 3.92. The molecular weight excluding hydrogens is 356 g/mol. The van der Waals surface area contributed by atoms with E-state index in [1.807, 2.05) is 49.7 Å². The van der Waals surface area contributed by atoms with Crippen LogP contribution >= 0.6 is 0 Å². The standard InChI is InChI=1S/C21H30N4O3/c1-21(2,3)18(19(22)27)23-20(28)17-15-6-4-5-7-16(15)25(24-17)12-13-8-10-14(26)11-9-13/h4-7,13-14,18,26H,8-12H2,1-3H3,(H2,22,27)(H,23,28)/t13?,14?,18-/m0/s1. The molecule has 1 saturated carbocycles. The fraction of sp³-hybridized carbons (Fsp3) is 0.571. The van der Waals surface area contributed by atoms with Crippen LogP contribution in [0.15, 0.2) is 24.3 Å². The van der Waals surface area contributed by atoms with Crippen molar-refractivity contribution >= 4 is 22.7 Å². The summed E-state index contributed by atoms with van der Waals surface area (Å²) in [5.41, 5.74) is 6.21. The zero-order chi connectivity index (χ0) is 20.5. The summed E-state index contributed by atoms with van der Waals surface area (Å²) in [6.45, 7) is 6.28. The van der Waals surface area contributed by atoms with Gasteiger partial charge in [-0.3, -0.25) is 14.3 Å². The average Bonchev–Trinajstić information content (AvgIpc) is 2.99. The van der Waals surface area contributed by atoms with Crippen molar-refractivity contribution in [2.45, 2.75) is 65.1 Å². The number of carbonyl (C=O) groups is 2. The number of benzene rings is 1. The molecule has 1 atom stereocenters. The molecule has 0 saturated heterocycles. The van der Waals surface area contributed by atoms with Gasteiger partial charge in [0.05, 0.1) is 11.6 Å².